The Morgan fingerprint density at radius 2 is 2.25 bits per heavy atom. The molecule has 0 radical (unpaired) electrons. The van der Waals surface area contributed by atoms with Crippen molar-refractivity contribution in [2.75, 3.05) is 12.8 Å². The van der Waals surface area contributed by atoms with Gasteiger partial charge in [0.1, 0.15) is 5.82 Å². The van der Waals surface area contributed by atoms with E-state index in [1.54, 1.807) is 12.1 Å². The van der Waals surface area contributed by atoms with Gasteiger partial charge < -0.3 is 5.32 Å². The van der Waals surface area contributed by atoms with Crippen LogP contribution in [0.1, 0.15) is 18.9 Å². The van der Waals surface area contributed by atoms with Gasteiger partial charge in [0.05, 0.1) is 0 Å². The summed E-state index contributed by atoms with van der Waals surface area (Å²) in [5.41, 5.74) is 0.629. The Hall–Kier alpha value is -0.250. The van der Waals surface area contributed by atoms with E-state index in [0.29, 0.717) is 22.4 Å². The molecule has 90 valence electrons. The molecule has 0 aliphatic rings. The monoisotopic (exact) mass is 261 g/mol. The maximum absolute atomic E-state index is 13.3. The molecule has 0 saturated carbocycles. The zero-order valence-electron chi connectivity index (χ0n) is 9.59. The molecule has 1 aromatic rings. The van der Waals surface area contributed by atoms with Gasteiger partial charge in [-0.05, 0) is 37.4 Å². The van der Waals surface area contributed by atoms with Crippen molar-refractivity contribution in [2.24, 2.45) is 0 Å². The minimum Gasteiger partial charge on any atom is -0.313 e. The van der Waals surface area contributed by atoms with E-state index in [0.717, 1.165) is 13.0 Å². The third-order valence-corrected chi connectivity index (χ3v) is 3.73. The molecule has 1 N–H and O–H groups in total. The van der Waals surface area contributed by atoms with Gasteiger partial charge in [-0.1, -0.05) is 18.5 Å². The quantitative estimate of drug-likeness (QED) is 0.784. The first-order chi connectivity index (χ1) is 7.63. The number of halogens is 2. The molecule has 0 spiro atoms. The molecule has 0 aliphatic carbocycles. The first-order valence-electron chi connectivity index (χ1n) is 5.31. The highest BCUT2D eigenvalue weighted by Crippen LogP contribution is 2.14. The molecular formula is C12H17ClFNS. The lowest BCUT2D eigenvalue weighted by atomic mass is 10.2. The Morgan fingerprint density at radius 3 is 2.94 bits per heavy atom. The summed E-state index contributed by atoms with van der Waals surface area (Å²) in [4.78, 5) is 0. The summed E-state index contributed by atoms with van der Waals surface area (Å²) in [7, 11) is 0. The molecule has 1 atom stereocenters. The van der Waals surface area contributed by atoms with Gasteiger partial charge >= 0.3 is 0 Å². The first kappa shape index (κ1) is 13.8. The van der Waals surface area contributed by atoms with Crippen LogP contribution in [0.3, 0.4) is 0 Å². The van der Waals surface area contributed by atoms with Gasteiger partial charge in [0.2, 0.25) is 0 Å². The lowest BCUT2D eigenvalue weighted by Gasteiger charge is -2.09. The van der Waals surface area contributed by atoms with Crippen LogP contribution in [0.5, 0.6) is 0 Å². The number of hydrogen-bond acceptors (Lipinski definition) is 2. The van der Waals surface area contributed by atoms with E-state index >= 15 is 0 Å². The van der Waals surface area contributed by atoms with Crippen LogP contribution in [0.15, 0.2) is 18.2 Å². The largest absolute Gasteiger partial charge is 0.313 e. The van der Waals surface area contributed by atoms with Gasteiger partial charge in [-0.2, -0.15) is 11.8 Å². The predicted molar refractivity (Wildman–Crippen MR) is 70.7 cm³/mol. The van der Waals surface area contributed by atoms with E-state index in [-0.39, 0.29) is 5.82 Å². The van der Waals surface area contributed by atoms with Crippen molar-refractivity contribution < 1.29 is 4.39 Å². The Bertz CT molecular complexity index is 333. The Kier molecular flexibility index (Phi) is 6.17. The summed E-state index contributed by atoms with van der Waals surface area (Å²) >= 11 is 7.65. The lowest BCUT2D eigenvalue weighted by Crippen LogP contribution is -2.18. The van der Waals surface area contributed by atoms with Gasteiger partial charge in [0.15, 0.2) is 0 Å². The number of rotatable bonds is 6. The fraction of sp³-hybridized carbons (Fsp3) is 0.500. The number of nitrogens with one attached hydrogen (secondary N) is 1. The van der Waals surface area contributed by atoms with Crippen molar-refractivity contribution in [1.29, 1.82) is 0 Å². The number of hydrogen-bond donors (Lipinski definition) is 1. The molecular weight excluding hydrogens is 245 g/mol. The number of benzene rings is 1. The molecule has 1 aromatic carbocycles. The molecule has 4 heteroatoms. The SMILES string of the molecule is CSC(C)CCNCc1cc(Cl)ccc1F. The molecule has 1 nitrogen and oxygen atoms in total. The molecule has 1 unspecified atom stereocenters. The lowest BCUT2D eigenvalue weighted by molar-refractivity contribution is 0.581. The van der Waals surface area contributed by atoms with Crippen LogP contribution in [-0.2, 0) is 6.54 Å². The van der Waals surface area contributed by atoms with E-state index in [4.69, 9.17) is 11.6 Å². The van der Waals surface area contributed by atoms with Crippen molar-refractivity contribution in [3.63, 3.8) is 0 Å². The zero-order chi connectivity index (χ0) is 12.0. The second kappa shape index (κ2) is 7.15. The fourth-order valence-corrected chi connectivity index (χ4v) is 1.87. The van der Waals surface area contributed by atoms with Gasteiger partial charge in [-0.3, -0.25) is 0 Å². The Morgan fingerprint density at radius 1 is 1.50 bits per heavy atom. The first-order valence-corrected chi connectivity index (χ1v) is 6.97. The normalized spacial score (nSPS) is 12.8. The summed E-state index contributed by atoms with van der Waals surface area (Å²) in [6.07, 6.45) is 3.19. The maximum Gasteiger partial charge on any atom is 0.127 e. The second-order valence-corrected chi connectivity index (χ2v) is 5.46. The van der Waals surface area contributed by atoms with Crippen LogP contribution in [0.4, 0.5) is 4.39 Å². The third-order valence-electron chi connectivity index (χ3n) is 2.45. The van der Waals surface area contributed by atoms with Crippen molar-refractivity contribution >= 4 is 23.4 Å². The summed E-state index contributed by atoms with van der Waals surface area (Å²) in [5.74, 6) is -0.199. The predicted octanol–water partition coefficient (Wildman–Crippen LogP) is 3.71. The highest BCUT2D eigenvalue weighted by atomic mass is 35.5. The van der Waals surface area contributed by atoms with Crippen LogP contribution in [0, 0.1) is 5.82 Å². The molecule has 1 rings (SSSR count). The summed E-state index contributed by atoms with van der Waals surface area (Å²) in [6.45, 7) is 3.62. The molecule has 0 saturated heterocycles. The van der Waals surface area contributed by atoms with E-state index < -0.39 is 0 Å². The summed E-state index contributed by atoms with van der Waals surface area (Å²) in [6, 6.07) is 4.64. The highest BCUT2D eigenvalue weighted by Gasteiger charge is 2.03. The maximum atomic E-state index is 13.3. The van der Waals surface area contributed by atoms with Gasteiger partial charge in [0.25, 0.3) is 0 Å². The molecule has 0 fully saturated rings. The van der Waals surface area contributed by atoms with E-state index in [9.17, 15) is 4.39 Å². The van der Waals surface area contributed by atoms with E-state index in [1.807, 2.05) is 11.8 Å². The summed E-state index contributed by atoms with van der Waals surface area (Å²) < 4.78 is 13.3. The van der Waals surface area contributed by atoms with Crippen LogP contribution < -0.4 is 5.32 Å². The average molecular weight is 262 g/mol. The molecule has 0 heterocycles. The molecule has 0 amide bonds. The highest BCUT2D eigenvalue weighted by molar-refractivity contribution is 7.99. The van der Waals surface area contributed by atoms with Crippen molar-refractivity contribution in [1.82, 2.24) is 5.32 Å². The minimum atomic E-state index is -0.199. The smallest absolute Gasteiger partial charge is 0.127 e. The Balaban J connectivity index is 2.34. The zero-order valence-corrected chi connectivity index (χ0v) is 11.2. The van der Waals surface area contributed by atoms with E-state index in [1.165, 1.54) is 6.07 Å². The average Bonchev–Trinajstić information content (AvgIpc) is 2.28. The van der Waals surface area contributed by atoms with Crippen molar-refractivity contribution in [3.8, 4) is 0 Å². The van der Waals surface area contributed by atoms with Crippen LogP contribution >= 0.6 is 23.4 Å². The standard InChI is InChI=1S/C12H17ClFNS/c1-9(16-2)5-6-15-8-10-7-11(13)3-4-12(10)14/h3-4,7,9,15H,5-6,8H2,1-2H3. The van der Waals surface area contributed by atoms with Crippen molar-refractivity contribution in [2.45, 2.75) is 25.1 Å². The molecule has 0 aliphatic heterocycles. The van der Waals surface area contributed by atoms with Gasteiger partial charge in [0, 0.05) is 22.4 Å². The topological polar surface area (TPSA) is 12.0 Å². The molecule has 16 heavy (non-hydrogen) atoms. The Labute approximate surface area is 106 Å². The van der Waals surface area contributed by atoms with Gasteiger partial charge in [-0.25, -0.2) is 4.39 Å². The minimum absolute atomic E-state index is 0.199. The number of thioether (sulfide) groups is 1. The molecule has 0 aromatic heterocycles. The van der Waals surface area contributed by atoms with Crippen molar-refractivity contribution in [3.05, 3.63) is 34.6 Å². The fourth-order valence-electron chi connectivity index (χ4n) is 1.33. The van der Waals surface area contributed by atoms with Crippen LogP contribution in [-0.4, -0.2) is 18.1 Å². The van der Waals surface area contributed by atoms with Gasteiger partial charge in [-0.15, -0.1) is 0 Å². The summed E-state index contributed by atoms with van der Waals surface area (Å²) in [5, 5.41) is 4.44. The van der Waals surface area contributed by atoms with Crippen LogP contribution in [0.2, 0.25) is 5.02 Å². The molecule has 0 bridgehead atoms. The second-order valence-electron chi connectivity index (χ2n) is 3.75. The van der Waals surface area contributed by atoms with Crippen LogP contribution in [0.25, 0.3) is 0 Å². The van der Waals surface area contributed by atoms with E-state index in [2.05, 4.69) is 18.5 Å². The third kappa shape index (κ3) is 4.73.